The lowest BCUT2D eigenvalue weighted by molar-refractivity contribution is 0.0519. The minimum atomic E-state index is -0.550. The zero-order valence-electron chi connectivity index (χ0n) is 8.45. The quantitative estimate of drug-likeness (QED) is 0.730. The van der Waals surface area contributed by atoms with Crippen molar-refractivity contribution >= 4 is 11.9 Å². The molecule has 0 atom stereocenters. The molecule has 0 unspecified atom stereocenters. The number of ether oxygens (including phenoxy) is 1. The van der Waals surface area contributed by atoms with E-state index in [1.807, 2.05) is 0 Å². The predicted octanol–water partition coefficient (Wildman–Crippen LogP) is 0.0142. The first-order valence-electron chi connectivity index (χ1n) is 4.51. The summed E-state index contributed by atoms with van der Waals surface area (Å²) >= 11 is 0. The van der Waals surface area contributed by atoms with Gasteiger partial charge in [0.25, 0.3) is 0 Å². The van der Waals surface area contributed by atoms with E-state index in [-0.39, 0.29) is 24.3 Å². The number of hydrogen-bond donors (Lipinski definition) is 1. The van der Waals surface area contributed by atoms with E-state index in [1.54, 1.807) is 6.92 Å². The highest BCUT2D eigenvalue weighted by molar-refractivity contribution is 5.86. The van der Waals surface area contributed by atoms with Crippen LogP contribution in [0.5, 0.6) is 0 Å². The number of oxazole rings is 1. The maximum absolute atomic E-state index is 11.3. The van der Waals surface area contributed by atoms with Crippen LogP contribution in [0.1, 0.15) is 17.4 Å². The van der Waals surface area contributed by atoms with Gasteiger partial charge in [-0.1, -0.05) is 0 Å². The average Bonchev–Trinajstić information content (AvgIpc) is 2.85. The Kier molecular flexibility index (Phi) is 2.54. The van der Waals surface area contributed by atoms with Gasteiger partial charge in [-0.3, -0.25) is 0 Å². The van der Waals surface area contributed by atoms with Crippen LogP contribution >= 0.6 is 0 Å². The second kappa shape index (κ2) is 4.01. The molecule has 2 rings (SSSR count). The Morgan fingerprint density at radius 3 is 3.12 bits per heavy atom. The summed E-state index contributed by atoms with van der Waals surface area (Å²) in [6.45, 7) is 1.98. The number of hydrogen-bond acceptors (Lipinski definition) is 7. The number of anilines is 1. The third kappa shape index (κ3) is 1.85. The molecule has 0 fully saturated rings. The summed E-state index contributed by atoms with van der Waals surface area (Å²) < 4.78 is 11.0. The fourth-order valence-corrected chi connectivity index (χ4v) is 1.04. The minimum absolute atomic E-state index is 0.0749. The van der Waals surface area contributed by atoms with Crippen LogP contribution in [0.4, 0.5) is 5.95 Å². The van der Waals surface area contributed by atoms with Crippen LogP contribution in [0.3, 0.4) is 0 Å². The van der Waals surface area contributed by atoms with E-state index in [2.05, 4.69) is 15.1 Å². The first-order chi connectivity index (χ1) is 7.70. The van der Waals surface area contributed by atoms with Crippen LogP contribution in [0.15, 0.2) is 17.0 Å². The number of rotatable bonds is 3. The average molecular weight is 223 g/mol. The molecule has 0 radical (unpaired) electrons. The summed E-state index contributed by atoms with van der Waals surface area (Å²) in [6.07, 6.45) is 2.52. The Labute approximate surface area is 90.0 Å². The highest BCUT2D eigenvalue weighted by atomic mass is 16.5. The molecule has 84 valence electrons. The van der Waals surface area contributed by atoms with E-state index in [9.17, 15) is 4.79 Å². The molecule has 0 aliphatic rings. The van der Waals surface area contributed by atoms with Gasteiger partial charge in [0, 0.05) is 0 Å². The van der Waals surface area contributed by atoms with Crippen LogP contribution in [-0.2, 0) is 4.74 Å². The lowest BCUT2D eigenvalue weighted by Crippen LogP contribution is -2.05. The normalized spacial score (nSPS) is 10.3. The highest BCUT2D eigenvalue weighted by Crippen LogP contribution is 2.08. The van der Waals surface area contributed by atoms with Crippen LogP contribution in [0.2, 0.25) is 0 Å². The molecule has 16 heavy (non-hydrogen) atoms. The largest absolute Gasteiger partial charge is 0.461 e. The predicted molar refractivity (Wildman–Crippen MR) is 51.8 cm³/mol. The van der Waals surface area contributed by atoms with Gasteiger partial charge in [0.2, 0.25) is 5.95 Å². The number of carbonyl (C=O) groups excluding carboxylic acids is 1. The maximum Gasteiger partial charge on any atom is 0.360 e. The third-order valence-corrected chi connectivity index (χ3v) is 1.68. The topological polar surface area (TPSA) is 109 Å². The minimum Gasteiger partial charge on any atom is -0.461 e. The van der Waals surface area contributed by atoms with Crippen LogP contribution in [0, 0.1) is 0 Å². The summed E-state index contributed by atoms with van der Waals surface area (Å²) in [7, 11) is 0. The van der Waals surface area contributed by atoms with Gasteiger partial charge < -0.3 is 14.9 Å². The molecular weight excluding hydrogens is 214 g/mol. The Hall–Kier alpha value is -2.38. The van der Waals surface area contributed by atoms with Crippen LogP contribution < -0.4 is 5.73 Å². The van der Waals surface area contributed by atoms with Crippen molar-refractivity contribution in [1.29, 1.82) is 0 Å². The van der Waals surface area contributed by atoms with Crippen molar-refractivity contribution in [3.8, 4) is 6.01 Å². The monoisotopic (exact) mass is 223 g/mol. The Morgan fingerprint density at radius 2 is 2.50 bits per heavy atom. The summed E-state index contributed by atoms with van der Waals surface area (Å²) in [4.78, 5) is 18.9. The number of nitrogens with two attached hydrogens (primary N) is 1. The zero-order valence-corrected chi connectivity index (χ0v) is 8.45. The van der Waals surface area contributed by atoms with Gasteiger partial charge in [0.15, 0.2) is 5.69 Å². The summed E-state index contributed by atoms with van der Waals surface area (Å²) in [6, 6.07) is 0.104. The molecule has 8 nitrogen and oxygen atoms in total. The van der Waals surface area contributed by atoms with Crippen molar-refractivity contribution in [2.75, 3.05) is 12.3 Å². The van der Waals surface area contributed by atoms with Crippen molar-refractivity contribution in [1.82, 2.24) is 19.7 Å². The Morgan fingerprint density at radius 1 is 1.69 bits per heavy atom. The molecule has 0 aromatic carbocycles. The molecule has 0 spiro atoms. The van der Waals surface area contributed by atoms with Crippen molar-refractivity contribution in [3.63, 3.8) is 0 Å². The molecule has 0 aliphatic heterocycles. The van der Waals surface area contributed by atoms with Gasteiger partial charge >= 0.3 is 12.0 Å². The molecule has 2 N–H and O–H groups in total. The van der Waals surface area contributed by atoms with E-state index in [0.717, 1.165) is 0 Å². The summed E-state index contributed by atoms with van der Waals surface area (Å²) in [5.74, 6) is -0.457. The smallest absolute Gasteiger partial charge is 0.360 e. The summed E-state index contributed by atoms with van der Waals surface area (Å²) in [5, 5.41) is 3.77. The Bertz CT molecular complexity index is 503. The number of nitrogen functional groups attached to an aromatic ring is 1. The molecule has 2 aromatic heterocycles. The first kappa shape index (κ1) is 10.1. The molecule has 2 aromatic rings. The van der Waals surface area contributed by atoms with E-state index >= 15 is 0 Å². The third-order valence-electron chi connectivity index (χ3n) is 1.68. The van der Waals surface area contributed by atoms with Gasteiger partial charge in [-0.2, -0.15) is 9.67 Å². The maximum atomic E-state index is 11.3. The number of esters is 1. The van der Waals surface area contributed by atoms with Crippen molar-refractivity contribution in [2.24, 2.45) is 0 Å². The molecule has 0 bridgehead atoms. The lowest BCUT2D eigenvalue weighted by atomic mass is 10.5. The zero-order chi connectivity index (χ0) is 11.5. The summed E-state index contributed by atoms with van der Waals surface area (Å²) in [5.41, 5.74) is 5.40. The standard InChI is InChI=1S/C8H9N5O3/c1-2-15-6(14)5-3-16-8(11-5)13-4-10-7(9)12-13/h3-4H,2H2,1H3,(H2,9,12). The number of aromatic nitrogens is 4. The highest BCUT2D eigenvalue weighted by Gasteiger charge is 2.14. The van der Waals surface area contributed by atoms with E-state index in [1.165, 1.54) is 17.3 Å². The Balaban J connectivity index is 2.22. The fraction of sp³-hybridized carbons (Fsp3) is 0.250. The van der Waals surface area contributed by atoms with Gasteiger partial charge in [0.05, 0.1) is 6.61 Å². The second-order valence-corrected chi connectivity index (χ2v) is 2.78. The lowest BCUT2D eigenvalue weighted by Gasteiger charge is -1.94. The van der Waals surface area contributed by atoms with Crippen LogP contribution in [0.25, 0.3) is 6.01 Å². The van der Waals surface area contributed by atoms with Gasteiger partial charge in [-0.15, -0.1) is 5.10 Å². The fourth-order valence-electron chi connectivity index (χ4n) is 1.04. The van der Waals surface area contributed by atoms with E-state index in [4.69, 9.17) is 14.9 Å². The molecule has 0 saturated carbocycles. The van der Waals surface area contributed by atoms with Crippen molar-refractivity contribution < 1.29 is 13.9 Å². The van der Waals surface area contributed by atoms with Gasteiger partial charge in [-0.25, -0.2) is 9.78 Å². The molecular formula is C8H9N5O3. The molecule has 8 heteroatoms. The van der Waals surface area contributed by atoms with E-state index < -0.39 is 5.97 Å². The van der Waals surface area contributed by atoms with Gasteiger partial charge in [-0.05, 0) is 6.92 Å². The van der Waals surface area contributed by atoms with E-state index in [0.29, 0.717) is 0 Å². The molecule has 0 amide bonds. The van der Waals surface area contributed by atoms with Crippen molar-refractivity contribution in [3.05, 3.63) is 18.3 Å². The molecule has 0 aliphatic carbocycles. The van der Waals surface area contributed by atoms with Crippen LogP contribution in [-0.4, -0.2) is 32.3 Å². The molecule has 2 heterocycles. The van der Waals surface area contributed by atoms with Crippen molar-refractivity contribution in [2.45, 2.75) is 6.92 Å². The molecule has 0 saturated heterocycles. The van der Waals surface area contributed by atoms with Gasteiger partial charge in [0.1, 0.15) is 12.6 Å². The number of nitrogens with zero attached hydrogens (tertiary/aromatic N) is 4. The second-order valence-electron chi connectivity index (χ2n) is 2.78. The SMILES string of the molecule is CCOC(=O)c1coc(-n2cnc(N)n2)n1. The first-order valence-corrected chi connectivity index (χ1v) is 4.51. The number of carbonyl (C=O) groups is 1.